The highest BCUT2D eigenvalue weighted by molar-refractivity contribution is 5.71. The van der Waals surface area contributed by atoms with E-state index in [0.29, 0.717) is 12.3 Å². The van der Waals surface area contributed by atoms with Crippen LogP contribution in [0.15, 0.2) is 28.9 Å². The minimum Gasteiger partial charge on any atom is -0.475 e. The summed E-state index contributed by atoms with van der Waals surface area (Å²) in [6.07, 6.45) is -2.99. The minimum absolute atomic E-state index is 0.173. The van der Waals surface area contributed by atoms with Gasteiger partial charge in [-0.25, -0.2) is 4.63 Å². The van der Waals surface area contributed by atoms with Crippen molar-refractivity contribution in [2.24, 2.45) is 0 Å². The Kier molecular flexibility index (Phi) is 5.05. The SMILES string of the molecule is CCCCOc1nc2nonc2nc1Nc1ccc(OC(F)(F)F)cc1. The molecule has 0 aliphatic rings. The highest BCUT2D eigenvalue weighted by atomic mass is 19.4. The third-order valence-corrected chi connectivity index (χ3v) is 3.17. The predicted octanol–water partition coefficient (Wildman–Crippen LogP) is 3.83. The molecule has 26 heavy (non-hydrogen) atoms. The van der Waals surface area contributed by atoms with Gasteiger partial charge in [0.15, 0.2) is 5.82 Å². The van der Waals surface area contributed by atoms with E-state index in [-0.39, 0.29) is 28.7 Å². The van der Waals surface area contributed by atoms with E-state index in [4.69, 9.17) is 4.74 Å². The number of hydrogen-bond donors (Lipinski definition) is 1. The molecular formula is C15H14F3N5O3. The molecule has 0 amide bonds. The first-order valence-electron chi connectivity index (χ1n) is 7.70. The van der Waals surface area contributed by atoms with Gasteiger partial charge in [-0.05, 0) is 41.0 Å². The first-order chi connectivity index (χ1) is 12.4. The summed E-state index contributed by atoms with van der Waals surface area (Å²) >= 11 is 0. The molecule has 0 aliphatic heterocycles. The van der Waals surface area contributed by atoms with Gasteiger partial charge in [0.25, 0.3) is 5.88 Å². The summed E-state index contributed by atoms with van der Waals surface area (Å²) in [7, 11) is 0. The van der Waals surface area contributed by atoms with Crippen LogP contribution >= 0.6 is 0 Å². The van der Waals surface area contributed by atoms with Crippen molar-refractivity contribution in [1.29, 1.82) is 0 Å². The first-order valence-corrected chi connectivity index (χ1v) is 7.70. The van der Waals surface area contributed by atoms with Crippen LogP contribution in [0.2, 0.25) is 0 Å². The summed E-state index contributed by atoms with van der Waals surface area (Å²) in [5, 5.41) is 10.2. The topological polar surface area (TPSA) is 95.2 Å². The molecule has 1 N–H and O–H groups in total. The van der Waals surface area contributed by atoms with Crippen LogP contribution in [-0.4, -0.2) is 33.3 Å². The number of rotatable bonds is 7. The lowest BCUT2D eigenvalue weighted by molar-refractivity contribution is -0.274. The fraction of sp³-hybridized carbons (Fsp3) is 0.333. The second kappa shape index (κ2) is 7.42. The molecule has 11 heteroatoms. The van der Waals surface area contributed by atoms with Gasteiger partial charge in [0.2, 0.25) is 11.3 Å². The van der Waals surface area contributed by atoms with Crippen molar-refractivity contribution in [3.05, 3.63) is 24.3 Å². The highest BCUT2D eigenvalue weighted by Crippen LogP contribution is 2.28. The Bertz CT molecular complexity index is 867. The number of fused-ring (bicyclic) bond motifs is 1. The monoisotopic (exact) mass is 369 g/mol. The molecule has 0 aliphatic carbocycles. The van der Waals surface area contributed by atoms with E-state index in [2.05, 4.69) is 35.0 Å². The number of alkyl halides is 3. The average Bonchev–Trinajstić information content (AvgIpc) is 3.03. The highest BCUT2D eigenvalue weighted by Gasteiger charge is 2.31. The third kappa shape index (κ3) is 4.49. The van der Waals surface area contributed by atoms with Crippen LogP contribution in [0.3, 0.4) is 0 Å². The maximum Gasteiger partial charge on any atom is 0.573 e. The van der Waals surface area contributed by atoms with Crippen LogP contribution in [0.4, 0.5) is 24.7 Å². The molecule has 2 aromatic heterocycles. The molecule has 1 aromatic carbocycles. The number of halogens is 3. The van der Waals surface area contributed by atoms with Gasteiger partial charge in [0, 0.05) is 5.69 Å². The molecule has 0 spiro atoms. The third-order valence-electron chi connectivity index (χ3n) is 3.17. The Hall–Kier alpha value is -3.11. The zero-order valence-corrected chi connectivity index (χ0v) is 13.6. The molecular weight excluding hydrogens is 355 g/mol. The van der Waals surface area contributed by atoms with E-state index < -0.39 is 6.36 Å². The number of aromatic nitrogens is 4. The van der Waals surface area contributed by atoms with Crippen LogP contribution < -0.4 is 14.8 Å². The Morgan fingerprint density at radius 2 is 1.77 bits per heavy atom. The van der Waals surface area contributed by atoms with Crippen molar-refractivity contribution in [3.63, 3.8) is 0 Å². The van der Waals surface area contributed by atoms with E-state index in [1.807, 2.05) is 6.92 Å². The van der Waals surface area contributed by atoms with E-state index in [1.165, 1.54) is 24.3 Å². The van der Waals surface area contributed by atoms with Crippen LogP contribution in [0.1, 0.15) is 19.8 Å². The van der Waals surface area contributed by atoms with Crippen molar-refractivity contribution in [2.75, 3.05) is 11.9 Å². The quantitative estimate of drug-likeness (QED) is 0.628. The van der Waals surface area contributed by atoms with Gasteiger partial charge in [0.05, 0.1) is 6.61 Å². The van der Waals surface area contributed by atoms with Gasteiger partial charge < -0.3 is 14.8 Å². The normalized spacial score (nSPS) is 11.5. The fourth-order valence-electron chi connectivity index (χ4n) is 1.99. The second-order valence-electron chi connectivity index (χ2n) is 5.19. The molecule has 0 saturated carbocycles. The predicted molar refractivity (Wildman–Crippen MR) is 84.2 cm³/mol. The van der Waals surface area contributed by atoms with Gasteiger partial charge in [-0.3, -0.25) is 0 Å². The zero-order chi connectivity index (χ0) is 18.6. The van der Waals surface area contributed by atoms with E-state index in [1.54, 1.807) is 0 Å². The Morgan fingerprint density at radius 1 is 1.08 bits per heavy atom. The number of hydrogen-bond acceptors (Lipinski definition) is 8. The van der Waals surface area contributed by atoms with Crippen molar-refractivity contribution >= 4 is 22.8 Å². The smallest absolute Gasteiger partial charge is 0.475 e. The Morgan fingerprint density at radius 3 is 2.42 bits per heavy atom. The van der Waals surface area contributed by atoms with Gasteiger partial charge in [0.1, 0.15) is 5.75 Å². The number of benzene rings is 1. The lowest BCUT2D eigenvalue weighted by Gasteiger charge is -2.12. The van der Waals surface area contributed by atoms with Crippen molar-refractivity contribution in [1.82, 2.24) is 20.3 Å². The number of unbranched alkanes of at least 4 members (excludes halogenated alkanes) is 1. The minimum atomic E-state index is -4.74. The Labute approximate surface area is 145 Å². The zero-order valence-electron chi connectivity index (χ0n) is 13.6. The molecule has 3 aromatic rings. The van der Waals surface area contributed by atoms with Crippen molar-refractivity contribution in [3.8, 4) is 11.6 Å². The summed E-state index contributed by atoms with van der Waals surface area (Å²) < 4.78 is 50.6. The van der Waals surface area contributed by atoms with Crippen LogP contribution in [0, 0.1) is 0 Å². The van der Waals surface area contributed by atoms with E-state index in [0.717, 1.165) is 12.8 Å². The second-order valence-corrected chi connectivity index (χ2v) is 5.19. The van der Waals surface area contributed by atoms with Crippen LogP contribution in [0.25, 0.3) is 11.3 Å². The summed E-state index contributed by atoms with van der Waals surface area (Å²) in [5.74, 6) is 0.107. The molecule has 0 bridgehead atoms. The average molecular weight is 369 g/mol. The maximum absolute atomic E-state index is 12.2. The van der Waals surface area contributed by atoms with Gasteiger partial charge >= 0.3 is 6.36 Å². The number of nitrogens with one attached hydrogen (secondary N) is 1. The van der Waals surface area contributed by atoms with E-state index >= 15 is 0 Å². The summed E-state index contributed by atoms with van der Waals surface area (Å²) in [5.41, 5.74) is 0.827. The number of nitrogens with zero attached hydrogens (tertiary/aromatic N) is 4. The van der Waals surface area contributed by atoms with Gasteiger partial charge in [-0.15, -0.1) is 13.2 Å². The van der Waals surface area contributed by atoms with Gasteiger partial charge in [-0.1, -0.05) is 13.3 Å². The largest absolute Gasteiger partial charge is 0.573 e. The van der Waals surface area contributed by atoms with Gasteiger partial charge in [-0.2, -0.15) is 9.97 Å². The fourth-order valence-corrected chi connectivity index (χ4v) is 1.99. The van der Waals surface area contributed by atoms with Crippen molar-refractivity contribution < 1.29 is 27.3 Å². The lowest BCUT2D eigenvalue weighted by atomic mass is 10.3. The summed E-state index contributed by atoms with van der Waals surface area (Å²) in [6, 6.07) is 5.17. The summed E-state index contributed by atoms with van der Waals surface area (Å²) in [6.45, 7) is 2.44. The standard InChI is InChI=1S/C15H14F3N5O3/c1-2-3-8-24-14-13(20-11-12(21-14)23-26-22-11)19-9-4-6-10(7-5-9)25-15(16,17)18/h4-7H,2-3,8H2,1H3,(H,19,20,22). The molecule has 138 valence electrons. The molecule has 2 heterocycles. The summed E-state index contributed by atoms with van der Waals surface area (Å²) in [4.78, 5) is 8.39. The molecule has 0 unspecified atom stereocenters. The molecule has 0 fully saturated rings. The molecule has 3 rings (SSSR count). The number of ether oxygens (including phenoxy) is 2. The lowest BCUT2D eigenvalue weighted by Crippen LogP contribution is -2.17. The maximum atomic E-state index is 12.2. The van der Waals surface area contributed by atoms with Crippen molar-refractivity contribution in [2.45, 2.75) is 26.1 Å². The van der Waals surface area contributed by atoms with Crippen LogP contribution in [-0.2, 0) is 0 Å². The molecule has 0 atom stereocenters. The molecule has 8 nitrogen and oxygen atoms in total. The van der Waals surface area contributed by atoms with E-state index in [9.17, 15) is 13.2 Å². The molecule has 0 radical (unpaired) electrons. The first kappa shape index (κ1) is 17.7. The Balaban J connectivity index is 1.81. The van der Waals surface area contributed by atoms with Crippen LogP contribution in [0.5, 0.6) is 11.6 Å². The number of anilines is 2. The molecule has 0 saturated heterocycles.